The second-order valence-electron chi connectivity index (χ2n) is 3.67. The molecule has 70 valence electrons. The standard InChI is InChI=1S/C9H17NO2/c1-2-7(8(10)11)9(12)5-3-4-6-9/h7,12H,2-6H2,1H3,(H2,10,11). The van der Waals surface area contributed by atoms with Crippen LogP contribution in [-0.2, 0) is 4.79 Å². The van der Waals surface area contributed by atoms with Crippen LogP contribution in [0.25, 0.3) is 0 Å². The quantitative estimate of drug-likeness (QED) is 0.659. The molecule has 1 atom stereocenters. The van der Waals surface area contributed by atoms with Crippen molar-refractivity contribution >= 4 is 5.91 Å². The lowest BCUT2D eigenvalue weighted by atomic mass is 9.83. The summed E-state index contributed by atoms with van der Waals surface area (Å²) in [4.78, 5) is 11.0. The number of hydrogen-bond donors (Lipinski definition) is 2. The SMILES string of the molecule is CCC(C(N)=O)C1(O)CCCC1. The van der Waals surface area contributed by atoms with Crippen LogP contribution in [0.4, 0.5) is 0 Å². The molecule has 1 unspecified atom stereocenters. The molecule has 0 aliphatic heterocycles. The molecule has 3 heteroatoms. The van der Waals surface area contributed by atoms with Gasteiger partial charge in [0.25, 0.3) is 0 Å². The normalized spacial score (nSPS) is 23.8. The number of nitrogens with two attached hydrogens (primary N) is 1. The van der Waals surface area contributed by atoms with Crippen LogP contribution in [0.1, 0.15) is 39.0 Å². The van der Waals surface area contributed by atoms with E-state index in [-0.39, 0.29) is 11.8 Å². The van der Waals surface area contributed by atoms with Gasteiger partial charge in [-0.2, -0.15) is 0 Å². The molecule has 1 saturated carbocycles. The number of primary amides is 1. The Kier molecular flexibility index (Phi) is 2.73. The highest BCUT2D eigenvalue weighted by Crippen LogP contribution is 2.37. The van der Waals surface area contributed by atoms with E-state index in [9.17, 15) is 9.90 Å². The summed E-state index contributed by atoms with van der Waals surface area (Å²) < 4.78 is 0. The van der Waals surface area contributed by atoms with E-state index in [0.717, 1.165) is 25.7 Å². The Labute approximate surface area is 72.9 Å². The number of carbonyl (C=O) groups excluding carboxylic acids is 1. The van der Waals surface area contributed by atoms with E-state index >= 15 is 0 Å². The zero-order valence-electron chi connectivity index (χ0n) is 7.55. The summed E-state index contributed by atoms with van der Waals surface area (Å²) in [6, 6.07) is 0. The fourth-order valence-corrected chi connectivity index (χ4v) is 2.18. The zero-order chi connectivity index (χ0) is 9.19. The van der Waals surface area contributed by atoms with Gasteiger partial charge in [0.15, 0.2) is 0 Å². The van der Waals surface area contributed by atoms with Crippen molar-refractivity contribution < 1.29 is 9.90 Å². The first-order chi connectivity index (χ1) is 5.60. The smallest absolute Gasteiger partial charge is 0.223 e. The molecule has 0 radical (unpaired) electrons. The molecule has 3 nitrogen and oxygen atoms in total. The lowest BCUT2D eigenvalue weighted by Crippen LogP contribution is -2.42. The fourth-order valence-electron chi connectivity index (χ4n) is 2.18. The second-order valence-corrected chi connectivity index (χ2v) is 3.67. The molecule has 1 fully saturated rings. The van der Waals surface area contributed by atoms with Crippen LogP contribution in [0.2, 0.25) is 0 Å². The van der Waals surface area contributed by atoms with Gasteiger partial charge in [-0.05, 0) is 19.3 Å². The maximum Gasteiger partial charge on any atom is 0.223 e. The molecule has 0 aromatic carbocycles. The first-order valence-electron chi connectivity index (χ1n) is 4.62. The van der Waals surface area contributed by atoms with E-state index in [1.54, 1.807) is 0 Å². The van der Waals surface area contributed by atoms with Crippen LogP contribution in [0, 0.1) is 5.92 Å². The Hall–Kier alpha value is -0.570. The van der Waals surface area contributed by atoms with Crippen molar-refractivity contribution in [2.24, 2.45) is 11.7 Å². The van der Waals surface area contributed by atoms with Gasteiger partial charge in [0, 0.05) is 0 Å². The topological polar surface area (TPSA) is 63.3 Å². The Balaban J connectivity index is 2.69. The van der Waals surface area contributed by atoms with Crippen molar-refractivity contribution in [2.75, 3.05) is 0 Å². The number of rotatable bonds is 3. The van der Waals surface area contributed by atoms with E-state index in [0.29, 0.717) is 6.42 Å². The number of aliphatic hydroxyl groups is 1. The van der Waals surface area contributed by atoms with E-state index in [4.69, 9.17) is 5.73 Å². The molecule has 1 aliphatic rings. The van der Waals surface area contributed by atoms with Crippen LogP contribution >= 0.6 is 0 Å². The molecule has 1 rings (SSSR count). The second kappa shape index (κ2) is 3.44. The van der Waals surface area contributed by atoms with Crippen LogP contribution in [0.15, 0.2) is 0 Å². The van der Waals surface area contributed by atoms with Crippen LogP contribution in [-0.4, -0.2) is 16.6 Å². The van der Waals surface area contributed by atoms with Gasteiger partial charge >= 0.3 is 0 Å². The minimum absolute atomic E-state index is 0.347. The highest BCUT2D eigenvalue weighted by molar-refractivity contribution is 5.77. The number of carbonyl (C=O) groups is 1. The van der Waals surface area contributed by atoms with Crippen LogP contribution < -0.4 is 5.73 Å². The molecule has 1 amide bonds. The molecular weight excluding hydrogens is 154 g/mol. The van der Waals surface area contributed by atoms with E-state index in [2.05, 4.69) is 0 Å². The van der Waals surface area contributed by atoms with Crippen LogP contribution in [0.3, 0.4) is 0 Å². The molecule has 0 aromatic heterocycles. The summed E-state index contributed by atoms with van der Waals surface area (Å²) in [6.07, 6.45) is 4.13. The van der Waals surface area contributed by atoms with Crippen molar-refractivity contribution in [2.45, 2.75) is 44.6 Å². The van der Waals surface area contributed by atoms with E-state index < -0.39 is 5.60 Å². The highest BCUT2D eigenvalue weighted by Gasteiger charge is 2.41. The first kappa shape index (κ1) is 9.52. The third-order valence-corrected chi connectivity index (χ3v) is 2.87. The summed E-state index contributed by atoms with van der Waals surface area (Å²) in [5.41, 5.74) is 4.42. The Morgan fingerprint density at radius 2 is 2.08 bits per heavy atom. The van der Waals surface area contributed by atoms with Crippen molar-refractivity contribution in [1.29, 1.82) is 0 Å². The maximum absolute atomic E-state index is 11.0. The minimum Gasteiger partial charge on any atom is -0.389 e. The van der Waals surface area contributed by atoms with Gasteiger partial charge in [0.1, 0.15) is 0 Å². The largest absolute Gasteiger partial charge is 0.389 e. The molecule has 1 aliphatic carbocycles. The Bertz CT molecular complexity index is 173. The predicted molar refractivity (Wildman–Crippen MR) is 46.4 cm³/mol. The molecule has 0 aromatic rings. The summed E-state index contributed by atoms with van der Waals surface area (Å²) >= 11 is 0. The Morgan fingerprint density at radius 3 is 2.42 bits per heavy atom. The van der Waals surface area contributed by atoms with Gasteiger partial charge in [-0.15, -0.1) is 0 Å². The number of amides is 1. The summed E-state index contributed by atoms with van der Waals surface area (Å²) in [6.45, 7) is 1.89. The molecule has 12 heavy (non-hydrogen) atoms. The van der Waals surface area contributed by atoms with Gasteiger partial charge in [0.05, 0.1) is 11.5 Å². The van der Waals surface area contributed by atoms with Crippen molar-refractivity contribution in [3.8, 4) is 0 Å². The third kappa shape index (κ3) is 1.61. The molecule has 0 heterocycles. The van der Waals surface area contributed by atoms with Crippen molar-refractivity contribution in [3.63, 3.8) is 0 Å². The van der Waals surface area contributed by atoms with Gasteiger partial charge in [-0.1, -0.05) is 19.8 Å². The average molecular weight is 171 g/mol. The van der Waals surface area contributed by atoms with Gasteiger partial charge in [0.2, 0.25) is 5.91 Å². The highest BCUT2D eigenvalue weighted by atomic mass is 16.3. The molecule has 0 spiro atoms. The Morgan fingerprint density at radius 1 is 1.58 bits per heavy atom. The first-order valence-corrected chi connectivity index (χ1v) is 4.62. The predicted octanol–water partition coefficient (Wildman–Crippen LogP) is 0.803. The summed E-state index contributed by atoms with van der Waals surface area (Å²) in [5, 5.41) is 10.0. The monoisotopic (exact) mass is 171 g/mol. The summed E-state index contributed by atoms with van der Waals surface area (Å²) in [5.74, 6) is -0.707. The fraction of sp³-hybridized carbons (Fsp3) is 0.889. The van der Waals surface area contributed by atoms with E-state index in [1.165, 1.54) is 0 Å². The third-order valence-electron chi connectivity index (χ3n) is 2.87. The molecule has 0 saturated heterocycles. The van der Waals surface area contributed by atoms with Gasteiger partial charge in [-0.25, -0.2) is 0 Å². The minimum atomic E-state index is -0.791. The maximum atomic E-state index is 11.0. The zero-order valence-corrected chi connectivity index (χ0v) is 7.55. The van der Waals surface area contributed by atoms with Crippen molar-refractivity contribution in [1.82, 2.24) is 0 Å². The van der Waals surface area contributed by atoms with Crippen LogP contribution in [0.5, 0.6) is 0 Å². The lowest BCUT2D eigenvalue weighted by Gasteiger charge is -2.29. The van der Waals surface area contributed by atoms with Gasteiger partial charge in [-0.3, -0.25) is 4.79 Å². The summed E-state index contributed by atoms with van der Waals surface area (Å²) in [7, 11) is 0. The molecular formula is C9H17NO2. The van der Waals surface area contributed by atoms with Crippen molar-refractivity contribution in [3.05, 3.63) is 0 Å². The van der Waals surface area contributed by atoms with E-state index in [1.807, 2.05) is 6.92 Å². The molecule has 3 N–H and O–H groups in total. The molecule has 0 bridgehead atoms. The number of hydrogen-bond acceptors (Lipinski definition) is 2. The average Bonchev–Trinajstić information content (AvgIpc) is 2.37. The van der Waals surface area contributed by atoms with Gasteiger partial charge < -0.3 is 10.8 Å². The lowest BCUT2D eigenvalue weighted by molar-refractivity contribution is -0.131.